The van der Waals surface area contributed by atoms with E-state index in [-0.39, 0.29) is 29.3 Å². The topological polar surface area (TPSA) is 76.2 Å². The summed E-state index contributed by atoms with van der Waals surface area (Å²) in [6, 6.07) is 10.3. The van der Waals surface area contributed by atoms with E-state index in [0.717, 1.165) is 23.3 Å². The number of hydrogen-bond acceptors (Lipinski definition) is 5. The minimum absolute atomic E-state index is 0.0874. The van der Waals surface area contributed by atoms with Crippen LogP contribution in [0.5, 0.6) is 11.5 Å². The Morgan fingerprint density at radius 1 is 0.966 bits per heavy atom. The maximum atomic E-state index is 13.2. The zero-order valence-electron chi connectivity index (χ0n) is 16.6. The lowest BCUT2D eigenvalue weighted by molar-refractivity contribution is 0.0692. The molecule has 0 saturated carbocycles. The summed E-state index contributed by atoms with van der Waals surface area (Å²) < 4.78 is 10.7. The number of hydrogen-bond donors (Lipinski definition) is 0. The summed E-state index contributed by atoms with van der Waals surface area (Å²) in [6.45, 7) is 0.627. The molecule has 1 saturated heterocycles. The predicted molar refractivity (Wildman–Crippen MR) is 105 cm³/mol. The zero-order chi connectivity index (χ0) is 20.7. The van der Waals surface area contributed by atoms with Gasteiger partial charge in [0.05, 0.1) is 31.4 Å². The van der Waals surface area contributed by atoms with Gasteiger partial charge in [0, 0.05) is 19.2 Å². The van der Waals surface area contributed by atoms with Gasteiger partial charge >= 0.3 is 0 Å². The van der Waals surface area contributed by atoms with Crippen LogP contribution in [0, 0.1) is 0 Å². The van der Waals surface area contributed by atoms with E-state index in [1.165, 1.54) is 13.1 Å². The van der Waals surface area contributed by atoms with Crippen LogP contribution in [0.3, 0.4) is 0 Å². The second-order valence-corrected chi connectivity index (χ2v) is 7.20. The fourth-order valence-corrected chi connectivity index (χ4v) is 4.08. The monoisotopic (exact) mass is 394 g/mol. The molecule has 2 aromatic carbocycles. The van der Waals surface area contributed by atoms with Gasteiger partial charge in [-0.15, -0.1) is 0 Å². The van der Waals surface area contributed by atoms with Crippen LogP contribution >= 0.6 is 0 Å². The summed E-state index contributed by atoms with van der Waals surface area (Å²) >= 11 is 0. The van der Waals surface area contributed by atoms with E-state index < -0.39 is 0 Å². The molecule has 2 aliphatic rings. The molecule has 0 unspecified atom stereocenters. The van der Waals surface area contributed by atoms with E-state index in [0.29, 0.717) is 29.2 Å². The molecule has 0 spiro atoms. The summed E-state index contributed by atoms with van der Waals surface area (Å²) in [6.07, 6.45) is 1.72. The van der Waals surface area contributed by atoms with Crippen molar-refractivity contribution in [1.29, 1.82) is 0 Å². The summed E-state index contributed by atoms with van der Waals surface area (Å²) in [4.78, 5) is 40.5. The number of amides is 3. The molecule has 1 fully saturated rings. The molecule has 1 atom stereocenters. The molecular formula is C22H22N2O5. The average Bonchev–Trinajstić information content (AvgIpc) is 3.32. The van der Waals surface area contributed by atoms with Crippen molar-refractivity contribution in [3.63, 3.8) is 0 Å². The highest BCUT2D eigenvalue weighted by atomic mass is 16.5. The van der Waals surface area contributed by atoms with Crippen LogP contribution in [-0.2, 0) is 0 Å². The van der Waals surface area contributed by atoms with Crippen LogP contribution in [0.25, 0.3) is 0 Å². The molecule has 3 amide bonds. The smallest absolute Gasteiger partial charge is 0.261 e. The van der Waals surface area contributed by atoms with Gasteiger partial charge in [-0.1, -0.05) is 6.07 Å². The molecule has 2 aromatic rings. The second-order valence-electron chi connectivity index (χ2n) is 7.20. The van der Waals surface area contributed by atoms with Crippen molar-refractivity contribution in [1.82, 2.24) is 9.80 Å². The number of imide groups is 1. The molecule has 0 radical (unpaired) electrons. The van der Waals surface area contributed by atoms with Gasteiger partial charge in [0.1, 0.15) is 0 Å². The molecule has 2 heterocycles. The Morgan fingerprint density at radius 2 is 1.69 bits per heavy atom. The van der Waals surface area contributed by atoms with Crippen molar-refractivity contribution in [2.24, 2.45) is 0 Å². The Balaban J connectivity index is 1.64. The van der Waals surface area contributed by atoms with Crippen LogP contribution in [0.1, 0.15) is 55.5 Å². The van der Waals surface area contributed by atoms with Gasteiger partial charge in [0.2, 0.25) is 0 Å². The quantitative estimate of drug-likeness (QED) is 0.746. The molecule has 2 aliphatic heterocycles. The van der Waals surface area contributed by atoms with Crippen LogP contribution in [0.15, 0.2) is 36.4 Å². The molecule has 150 valence electrons. The van der Waals surface area contributed by atoms with E-state index in [2.05, 4.69) is 0 Å². The third-order valence-corrected chi connectivity index (χ3v) is 5.64. The van der Waals surface area contributed by atoms with Gasteiger partial charge in [-0.3, -0.25) is 19.3 Å². The molecule has 0 aliphatic carbocycles. The third-order valence-electron chi connectivity index (χ3n) is 5.64. The number of methoxy groups -OCH3 is 2. The molecule has 0 N–H and O–H groups in total. The number of carbonyl (C=O) groups excluding carboxylic acids is 3. The molecule has 29 heavy (non-hydrogen) atoms. The number of fused-ring (bicyclic) bond motifs is 1. The Bertz CT molecular complexity index is 1020. The maximum Gasteiger partial charge on any atom is 0.261 e. The average molecular weight is 394 g/mol. The molecule has 7 nitrogen and oxygen atoms in total. The predicted octanol–water partition coefficient (Wildman–Crippen LogP) is 2.91. The van der Waals surface area contributed by atoms with Crippen LogP contribution in [-0.4, -0.2) is 55.3 Å². The van der Waals surface area contributed by atoms with Crippen molar-refractivity contribution in [3.8, 4) is 11.5 Å². The van der Waals surface area contributed by atoms with Crippen LogP contribution < -0.4 is 9.47 Å². The lowest BCUT2D eigenvalue weighted by atomic mass is 10.0. The van der Waals surface area contributed by atoms with Crippen molar-refractivity contribution >= 4 is 17.7 Å². The lowest BCUT2D eigenvalue weighted by Gasteiger charge is -2.26. The number of benzene rings is 2. The van der Waals surface area contributed by atoms with Crippen molar-refractivity contribution < 1.29 is 23.9 Å². The fourth-order valence-electron chi connectivity index (χ4n) is 4.08. The number of carbonyl (C=O) groups is 3. The first-order valence-electron chi connectivity index (χ1n) is 9.45. The van der Waals surface area contributed by atoms with E-state index >= 15 is 0 Å². The Hall–Kier alpha value is -3.35. The van der Waals surface area contributed by atoms with Crippen molar-refractivity contribution in [2.75, 3.05) is 27.8 Å². The first-order chi connectivity index (χ1) is 14.0. The summed E-state index contributed by atoms with van der Waals surface area (Å²) in [5.41, 5.74) is 2.00. The molecule has 0 aromatic heterocycles. The lowest BCUT2D eigenvalue weighted by Crippen LogP contribution is -2.30. The van der Waals surface area contributed by atoms with Gasteiger partial charge < -0.3 is 14.4 Å². The Kier molecular flexibility index (Phi) is 4.74. The number of rotatable bonds is 4. The Labute approximate surface area is 168 Å². The van der Waals surface area contributed by atoms with Gasteiger partial charge in [0.25, 0.3) is 17.7 Å². The van der Waals surface area contributed by atoms with Crippen molar-refractivity contribution in [2.45, 2.75) is 18.9 Å². The standard InChI is InChI=1S/C22H22N2O5/c1-23-21(26)15-8-6-14(11-16(15)22(23)27)20(25)24-10-4-5-17(24)13-7-9-18(28-2)19(12-13)29-3/h6-9,11-12,17H,4-5,10H2,1-3H3/t17-/m1/s1. The molecule has 0 bridgehead atoms. The molecule has 7 heteroatoms. The summed E-state index contributed by atoms with van der Waals surface area (Å²) in [5, 5.41) is 0. The minimum atomic E-state index is -0.377. The highest BCUT2D eigenvalue weighted by Crippen LogP contribution is 2.38. The van der Waals surface area contributed by atoms with Crippen molar-refractivity contribution in [3.05, 3.63) is 58.7 Å². The second kappa shape index (κ2) is 7.24. The van der Waals surface area contributed by atoms with Gasteiger partial charge in [-0.25, -0.2) is 0 Å². The normalized spacial score (nSPS) is 18.2. The maximum absolute atomic E-state index is 13.2. The molecule has 4 rings (SSSR count). The van der Waals surface area contributed by atoms with E-state index in [1.807, 2.05) is 23.1 Å². The number of nitrogens with zero attached hydrogens (tertiary/aromatic N) is 2. The van der Waals surface area contributed by atoms with Gasteiger partial charge in [-0.2, -0.15) is 0 Å². The minimum Gasteiger partial charge on any atom is -0.493 e. The van der Waals surface area contributed by atoms with Crippen LogP contribution in [0.4, 0.5) is 0 Å². The third kappa shape index (κ3) is 3.03. The fraction of sp³-hybridized carbons (Fsp3) is 0.318. The first-order valence-corrected chi connectivity index (χ1v) is 9.45. The highest BCUT2D eigenvalue weighted by molar-refractivity contribution is 6.21. The Morgan fingerprint density at radius 3 is 2.41 bits per heavy atom. The van der Waals surface area contributed by atoms with E-state index in [1.54, 1.807) is 26.4 Å². The van der Waals surface area contributed by atoms with Gasteiger partial charge in [0.15, 0.2) is 11.5 Å². The van der Waals surface area contributed by atoms with Crippen LogP contribution in [0.2, 0.25) is 0 Å². The van der Waals surface area contributed by atoms with Gasteiger partial charge in [-0.05, 0) is 48.7 Å². The SMILES string of the molecule is COc1ccc([C@H]2CCCN2C(=O)c2ccc3c(c2)C(=O)N(C)C3=O)cc1OC. The number of likely N-dealkylation sites (tertiary alicyclic amines) is 1. The largest absolute Gasteiger partial charge is 0.493 e. The summed E-state index contributed by atoms with van der Waals surface area (Å²) in [5.74, 6) is 0.387. The van der Waals surface area contributed by atoms with E-state index in [9.17, 15) is 14.4 Å². The zero-order valence-corrected chi connectivity index (χ0v) is 16.6. The first kappa shape index (κ1) is 19.0. The van der Waals surface area contributed by atoms with E-state index in [4.69, 9.17) is 9.47 Å². The summed E-state index contributed by atoms with van der Waals surface area (Å²) in [7, 11) is 4.61. The number of ether oxygens (including phenoxy) is 2. The molecular weight excluding hydrogens is 372 g/mol. The highest BCUT2D eigenvalue weighted by Gasteiger charge is 2.35.